The van der Waals surface area contributed by atoms with E-state index >= 15 is 0 Å². The lowest BCUT2D eigenvalue weighted by atomic mass is 9.81. The second-order valence-corrected chi connectivity index (χ2v) is 6.06. The van der Waals surface area contributed by atoms with E-state index in [9.17, 15) is 9.50 Å². The van der Waals surface area contributed by atoms with E-state index in [1.807, 2.05) is 6.07 Å². The summed E-state index contributed by atoms with van der Waals surface area (Å²) < 4.78 is 26.0. The lowest BCUT2D eigenvalue weighted by molar-refractivity contribution is 0.261. The van der Waals surface area contributed by atoms with Crippen LogP contribution in [0.4, 0.5) is 4.39 Å². The smallest absolute Gasteiger partial charge is 0.283 e. The van der Waals surface area contributed by atoms with Crippen LogP contribution in [0.1, 0.15) is 11.1 Å². The Morgan fingerprint density at radius 2 is 2.09 bits per heavy atom. The van der Waals surface area contributed by atoms with Gasteiger partial charge in [0.15, 0.2) is 17.1 Å². The molecule has 0 aliphatic carbocycles. The van der Waals surface area contributed by atoms with Crippen LogP contribution in [0.25, 0.3) is 0 Å². The molecule has 112 valence electrons. The first-order chi connectivity index (χ1) is 10.5. The van der Waals surface area contributed by atoms with Crippen molar-refractivity contribution in [3.05, 3.63) is 51.7 Å². The van der Waals surface area contributed by atoms with Gasteiger partial charge in [-0.05, 0) is 24.3 Å². The Bertz CT molecular complexity index is 840. The number of nitrogens with zero attached hydrogens (tertiary/aromatic N) is 1. The number of ether oxygens (including phenoxy) is 2. The second kappa shape index (κ2) is 4.36. The third-order valence-electron chi connectivity index (χ3n) is 3.80. The van der Waals surface area contributed by atoms with Gasteiger partial charge in [0, 0.05) is 21.7 Å². The summed E-state index contributed by atoms with van der Waals surface area (Å²) in [6.45, 7) is 0.113. The summed E-state index contributed by atoms with van der Waals surface area (Å²) in [5.74, 6) is -0.376. The van der Waals surface area contributed by atoms with Crippen LogP contribution in [-0.2, 0) is 10.3 Å². The van der Waals surface area contributed by atoms with Gasteiger partial charge in [-0.1, -0.05) is 15.9 Å². The number of aliphatic imine (C=N–C) groups is 1. The Hall–Kier alpha value is -2.28. The Morgan fingerprint density at radius 1 is 1.27 bits per heavy atom. The molecule has 0 saturated carbocycles. The average molecular weight is 365 g/mol. The Labute approximate surface area is 133 Å². The molecule has 2 heterocycles. The molecule has 1 spiro atoms. The minimum Gasteiger partial charge on any atom is -0.508 e. The van der Waals surface area contributed by atoms with E-state index in [-0.39, 0.29) is 24.1 Å². The third-order valence-corrected chi connectivity index (χ3v) is 4.30. The molecule has 2 aliphatic heterocycles. The summed E-state index contributed by atoms with van der Waals surface area (Å²) in [6, 6.07) is 7.78. The monoisotopic (exact) mass is 364 g/mol. The van der Waals surface area contributed by atoms with Gasteiger partial charge in [0.2, 0.25) is 0 Å². The molecule has 0 saturated heterocycles. The predicted molar refractivity (Wildman–Crippen MR) is 80.6 cm³/mol. The molecule has 0 fully saturated rings. The van der Waals surface area contributed by atoms with Crippen LogP contribution < -0.4 is 10.5 Å². The van der Waals surface area contributed by atoms with Gasteiger partial charge in [-0.2, -0.15) is 0 Å². The van der Waals surface area contributed by atoms with E-state index in [2.05, 4.69) is 20.9 Å². The molecule has 2 aliphatic rings. The highest BCUT2D eigenvalue weighted by Gasteiger charge is 2.48. The molecule has 0 radical (unpaired) electrons. The minimum atomic E-state index is -1.03. The van der Waals surface area contributed by atoms with Crippen LogP contribution >= 0.6 is 15.9 Å². The molecule has 1 unspecified atom stereocenters. The summed E-state index contributed by atoms with van der Waals surface area (Å²) in [6.07, 6.45) is 0. The maximum absolute atomic E-state index is 14.2. The first kappa shape index (κ1) is 13.4. The van der Waals surface area contributed by atoms with Crippen molar-refractivity contribution < 1.29 is 19.0 Å². The zero-order valence-electron chi connectivity index (χ0n) is 11.1. The van der Waals surface area contributed by atoms with Gasteiger partial charge in [0.25, 0.3) is 6.02 Å². The van der Waals surface area contributed by atoms with E-state index in [1.165, 1.54) is 6.07 Å². The number of aromatic hydroxyl groups is 1. The molecule has 2 aromatic rings. The topological polar surface area (TPSA) is 77.1 Å². The molecule has 22 heavy (non-hydrogen) atoms. The van der Waals surface area contributed by atoms with E-state index in [1.54, 1.807) is 12.1 Å². The number of hydrogen-bond acceptors (Lipinski definition) is 5. The fraction of sp³-hybridized carbons (Fsp3) is 0.133. The number of hydrogen-bond donors (Lipinski definition) is 2. The Morgan fingerprint density at radius 3 is 2.82 bits per heavy atom. The number of halogens is 2. The zero-order chi connectivity index (χ0) is 15.5. The molecule has 0 amide bonds. The van der Waals surface area contributed by atoms with Crippen molar-refractivity contribution in [2.24, 2.45) is 10.7 Å². The molecule has 1 atom stereocenters. The third kappa shape index (κ3) is 1.72. The van der Waals surface area contributed by atoms with Gasteiger partial charge >= 0.3 is 0 Å². The number of rotatable bonds is 0. The van der Waals surface area contributed by atoms with E-state index in [0.29, 0.717) is 16.9 Å². The van der Waals surface area contributed by atoms with Crippen molar-refractivity contribution in [3.63, 3.8) is 0 Å². The van der Waals surface area contributed by atoms with Crippen LogP contribution in [0.5, 0.6) is 17.2 Å². The molecular weight excluding hydrogens is 355 g/mol. The van der Waals surface area contributed by atoms with E-state index in [0.717, 1.165) is 10.5 Å². The number of benzene rings is 2. The molecule has 4 rings (SSSR count). The van der Waals surface area contributed by atoms with Gasteiger partial charge in [-0.25, -0.2) is 9.38 Å². The quantitative estimate of drug-likeness (QED) is 0.753. The summed E-state index contributed by atoms with van der Waals surface area (Å²) >= 11 is 3.41. The van der Waals surface area contributed by atoms with Gasteiger partial charge in [0.1, 0.15) is 18.1 Å². The van der Waals surface area contributed by atoms with Crippen molar-refractivity contribution in [2.75, 3.05) is 6.61 Å². The number of phenols is 1. The van der Waals surface area contributed by atoms with Crippen LogP contribution in [0, 0.1) is 5.82 Å². The molecule has 3 N–H and O–H groups in total. The fourth-order valence-electron chi connectivity index (χ4n) is 2.87. The highest BCUT2D eigenvalue weighted by molar-refractivity contribution is 9.10. The molecule has 0 aromatic heterocycles. The number of amidine groups is 1. The lowest BCUT2D eigenvalue weighted by Crippen LogP contribution is -2.31. The van der Waals surface area contributed by atoms with E-state index in [4.69, 9.17) is 15.2 Å². The van der Waals surface area contributed by atoms with E-state index < -0.39 is 11.4 Å². The zero-order valence-corrected chi connectivity index (χ0v) is 12.7. The molecule has 2 aromatic carbocycles. The highest BCUT2D eigenvalue weighted by Crippen LogP contribution is 2.52. The summed E-state index contributed by atoms with van der Waals surface area (Å²) in [5, 5.41) is 9.76. The molecule has 0 bridgehead atoms. The minimum absolute atomic E-state index is 0.0162. The first-order valence-corrected chi connectivity index (χ1v) is 7.28. The number of nitrogens with two attached hydrogens (primary N) is 1. The van der Waals surface area contributed by atoms with Crippen LogP contribution in [-0.4, -0.2) is 17.7 Å². The fourth-order valence-corrected chi connectivity index (χ4v) is 3.23. The average Bonchev–Trinajstić information content (AvgIpc) is 2.85. The standard InChI is InChI=1S/C15H10BrFN2O3/c16-7-1-2-12-9(3-7)15(6-21-14(18)19-15)10-4-8(20)5-11(17)13(10)22-12/h1-5,20H,6H2,(H2,18,19). The van der Waals surface area contributed by atoms with Crippen LogP contribution in [0.3, 0.4) is 0 Å². The number of fused-ring (bicyclic) bond motifs is 4. The summed E-state index contributed by atoms with van der Waals surface area (Å²) in [4.78, 5) is 4.38. The maximum atomic E-state index is 14.2. The van der Waals surface area contributed by atoms with Crippen molar-refractivity contribution in [3.8, 4) is 17.2 Å². The lowest BCUT2D eigenvalue weighted by Gasteiger charge is -2.33. The first-order valence-electron chi connectivity index (χ1n) is 6.48. The highest BCUT2D eigenvalue weighted by atomic mass is 79.9. The van der Waals surface area contributed by atoms with Gasteiger partial charge in [-0.15, -0.1) is 0 Å². The Kier molecular flexibility index (Phi) is 2.65. The summed E-state index contributed by atoms with van der Waals surface area (Å²) in [5.41, 5.74) is 5.74. The second-order valence-electron chi connectivity index (χ2n) is 5.15. The molecule has 5 nitrogen and oxygen atoms in total. The van der Waals surface area contributed by atoms with Crippen LogP contribution in [0.15, 0.2) is 39.8 Å². The predicted octanol–water partition coefficient (Wildman–Crippen LogP) is 2.99. The van der Waals surface area contributed by atoms with Gasteiger partial charge in [-0.3, -0.25) is 0 Å². The summed E-state index contributed by atoms with van der Waals surface area (Å²) in [7, 11) is 0. The largest absolute Gasteiger partial charge is 0.508 e. The van der Waals surface area contributed by atoms with Gasteiger partial charge < -0.3 is 20.3 Å². The normalized spacial score (nSPS) is 21.6. The van der Waals surface area contributed by atoms with Crippen molar-refractivity contribution >= 4 is 22.0 Å². The van der Waals surface area contributed by atoms with Crippen molar-refractivity contribution in [1.82, 2.24) is 0 Å². The van der Waals surface area contributed by atoms with Gasteiger partial charge in [0.05, 0.1) is 0 Å². The maximum Gasteiger partial charge on any atom is 0.283 e. The number of phenolic OH excluding ortho intramolecular Hbond substituents is 1. The Balaban J connectivity index is 2.08. The van der Waals surface area contributed by atoms with Crippen LogP contribution in [0.2, 0.25) is 0 Å². The molecule has 7 heteroatoms. The molecular formula is C15H10BrFN2O3. The SMILES string of the molecule is NC1=NC2(CO1)c1cc(Br)ccc1Oc1c(F)cc(O)cc12. The van der Waals surface area contributed by atoms with Crippen molar-refractivity contribution in [2.45, 2.75) is 5.54 Å². The van der Waals surface area contributed by atoms with Crippen molar-refractivity contribution in [1.29, 1.82) is 0 Å².